The van der Waals surface area contributed by atoms with Crippen molar-refractivity contribution < 1.29 is 4.39 Å². The zero-order valence-electron chi connectivity index (χ0n) is 7.76. The summed E-state index contributed by atoms with van der Waals surface area (Å²) in [6, 6.07) is 7.55. The summed E-state index contributed by atoms with van der Waals surface area (Å²) < 4.78 is 13.3. The highest BCUT2D eigenvalue weighted by molar-refractivity contribution is 5.25. The molecule has 70 valence electrons. The summed E-state index contributed by atoms with van der Waals surface area (Å²) in [7, 11) is 1.94. The second-order valence-corrected chi connectivity index (χ2v) is 3.60. The molecular formula is C11H14FN. The molecular weight excluding hydrogens is 165 g/mol. The van der Waals surface area contributed by atoms with Crippen molar-refractivity contribution in [2.45, 2.75) is 24.8 Å². The van der Waals surface area contributed by atoms with Gasteiger partial charge in [0.1, 0.15) is 5.82 Å². The Hall–Kier alpha value is -0.890. The second kappa shape index (κ2) is 3.46. The smallest absolute Gasteiger partial charge is 0.126 e. The molecule has 1 aliphatic rings. The lowest BCUT2D eigenvalue weighted by molar-refractivity contribution is 0.293. The average molecular weight is 179 g/mol. The van der Waals surface area contributed by atoms with Crippen molar-refractivity contribution >= 4 is 0 Å². The Morgan fingerprint density at radius 3 is 2.62 bits per heavy atom. The Balaban J connectivity index is 2.21. The molecule has 0 amide bonds. The number of rotatable bonds is 2. The first-order valence-corrected chi connectivity index (χ1v) is 4.74. The maximum atomic E-state index is 13.3. The van der Waals surface area contributed by atoms with Crippen LogP contribution in [0.4, 0.5) is 4.39 Å². The molecule has 1 aliphatic carbocycles. The molecule has 2 unspecified atom stereocenters. The topological polar surface area (TPSA) is 12.0 Å². The molecule has 1 aromatic rings. The van der Waals surface area contributed by atoms with Crippen LogP contribution in [0, 0.1) is 5.82 Å². The summed E-state index contributed by atoms with van der Waals surface area (Å²) >= 11 is 0. The zero-order valence-corrected chi connectivity index (χ0v) is 7.76. The van der Waals surface area contributed by atoms with Crippen LogP contribution in [0.15, 0.2) is 24.3 Å². The van der Waals surface area contributed by atoms with Crippen molar-refractivity contribution in [3.8, 4) is 0 Å². The Morgan fingerprint density at radius 1 is 1.31 bits per heavy atom. The minimum absolute atomic E-state index is 0.0625. The van der Waals surface area contributed by atoms with Gasteiger partial charge in [-0.2, -0.15) is 0 Å². The number of nitrogens with one attached hydrogen (secondary N) is 1. The molecule has 0 spiro atoms. The fraction of sp³-hybridized carbons (Fsp3) is 0.455. The molecule has 1 N–H and O–H groups in total. The van der Waals surface area contributed by atoms with Crippen molar-refractivity contribution in [3.63, 3.8) is 0 Å². The van der Waals surface area contributed by atoms with Crippen molar-refractivity contribution in [3.05, 3.63) is 35.6 Å². The molecule has 0 aliphatic heterocycles. The van der Waals surface area contributed by atoms with Crippen LogP contribution in [0.25, 0.3) is 0 Å². The van der Waals surface area contributed by atoms with Gasteiger partial charge in [-0.05, 0) is 31.5 Å². The highest BCUT2D eigenvalue weighted by Crippen LogP contribution is 2.37. The van der Waals surface area contributed by atoms with Gasteiger partial charge in [0.2, 0.25) is 0 Å². The fourth-order valence-electron chi connectivity index (χ4n) is 1.99. The summed E-state index contributed by atoms with van der Waals surface area (Å²) in [5, 5.41) is 3.21. The van der Waals surface area contributed by atoms with Gasteiger partial charge < -0.3 is 5.32 Å². The molecule has 0 heterocycles. The number of likely N-dealkylation sites (N-methyl/N-ethyl adjacent to an activating group) is 1. The van der Waals surface area contributed by atoms with E-state index in [-0.39, 0.29) is 5.82 Å². The molecule has 0 radical (unpaired) electrons. The monoisotopic (exact) mass is 179 g/mol. The van der Waals surface area contributed by atoms with E-state index in [9.17, 15) is 4.39 Å². The molecule has 2 heteroatoms. The third kappa shape index (κ3) is 1.46. The lowest BCUT2D eigenvalue weighted by Crippen LogP contribution is -2.40. The lowest BCUT2D eigenvalue weighted by Gasteiger charge is -2.36. The molecule has 0 saturated heterocycles. The summed E-state index contributed by atoms with van der Waals surface area (Å²) in [5.74, 6) is 0.318. The summed E-state index contributed by atoms with van der Waals surface area (Å²) in [5.41, 5.74) is 0.869. The van der Waals surface area contributed by atoms with Gasteiger partial charge in [0, 0.05) is 12.0 Å². The predicted octanol–water partition coefficient (Wildman–Crippen LogP) is 2.29. The minimum Gasteiger partial charge on any atom is -0.316 e. The fourth-order valence-corrected chi connectivity index (χ4v) is 1.99. The average Bonchev–Trinajstić information content (AvgIpc) is 2.08. The van der Waals surface area contributed by atoms with Gasteiger partial charge in [-0.1, -0.05) is 18.2 Å². The highest BCUT2D eigenvalue weighted by atomic mass is 19.1. The summed E-state index contributed by atoms with van der Waals surface area (Å²) in [4.78, 5) is 0. The van der Waals surface area contributed by atoms with Crippen molar-refractivity contribution in [1.82, 2.24) is 5.32 Å². The van der Waals surface area contributed by atoms with Crippen molar-refractivity contribution in [2.75, 3.05) is 7.05 Å². The standard InChI is InChI=1S/C11H14FN/c1-13-11-7-6-9(11)8-4-2-3-5-10(8)12/h2-5,9,11,13H,6-7H2,1H3. The first kappa shape index (κ1) is 8.70. The minimum atomic E-state index is -0.0625. The molecule has 2 atom stereocenters. The molecule has 13 heavy (non-hydrogen) atoms. The predicted molar refractivity (Wildman–Crippen MR) is 51.2 cm³/mol. The van der Waals surface area contributed by atoms with Crippen LogP contribution in [-0.2, 0) is 0 Å². The molecule has 0 aromatic heterocycles. The maximum Gasteiger partial charge on any atom is 0.126 e. The van der Waals surface area contributed by atoms with Crippen LogP contribution < -0.4 is 5.32 Å². The van der Waals surface area contributed by atoms with Crippen LogP contribution in [0.1, 0.15) is 24.3 Å². The molecule has 1 nitrogen and oxygen atoms in total. The number of hydrogen-bond acceptors (Lipinski definition) is 1. The van der Waals surface area contributed by atoms with E-state index in [1.165, 1.54) is 0 Å². The first-order valence-electron chi connectivity index (χ1n) is 4.74. The van der Waals surface area contributed by atoms with E-state index in [0.29, 0.717) is 12.0 Å². The van der Waals surface area contributed by atoms with E-state index in [1.54, 1.807) is 12.1 Å². The van der Waals surface area contributed by atoms with Crippen LogP contribution in [0.3, 0.4) is 0 Å². The summed E-state index contributed by atoms with van der Waals surface area (Å²) in [6.45, 7) is 0. The van der Waals surface area contributed by atoms with Gasteiger partial charge in [-0.3, -0.25) is 0 Å². The number of halogens is 1. The lowest BCUT2D eigenvalue weighted by atomic mass is 9.75. The highest BCUT2D eigenvalue weighted by Gasteiger charge is 2.32. The second-order valence-electron chi connectivity index (χ2n) is 3.60. The molecule has 1 aromatic carbocycles. The zero-order chi connectivity index (χ0) is 9.26. The number of benzene rings is 1. The van der Waals surface area contributed by atoms with E-state index in [4.69, 9.17) is 0 Å². The van der Waals surface area contributed by atoms with Gasteiger partial charge in [0.05, 0.1) is 0 Å². The Labute approximate surface area is 78.0 Å². The van der Waals surface area contributed by atoms with Gasteiger partial charge in [-0.15, -0.1) is 0 Å². The molecule has 1 saturated carbocycles. The van der Waals surface area contributed by atoms with E-state index in [1.807, 2.05) is 19.2 Å². The Morgan fingerprint density at radius 2 is 2.08 bits per heavy atom. The van der Waals surface area contributed by atoms with Crippen LogP contribution in [-0.4, -0.2) is 13.1 Å². The van der Waals surface area contributed by atoms with Gasteiger partial charge in [0.15, 0.2) is 0 Å². The van der Waals surface area contributed by atoms with Gasteiger partial charge >= 0.3 is 0 Å². The maximum absolute atomic E-state index is 13.3. The largest absolute Gasteiger partial charge is 0.316 e. The van der Waals surface area contributed by atoms with Crippen LogP contribution >= 0.6 is 0 Å². The van der Waals surface area contributed by atoms with Gasteiger partial charge in [0.25, 0.3) is 0 Å². The first-order chi connectivity index (χ1) is 6.33. The Bertz CT molecular complexity index is 296. The molecule has 1 fully saturated rings. The van der Waals surface area contributed by atoms with Crippen molar-refractivity contribution in [1.29, 1.82) is 0 Å². The van der Waals surface area contributed by atoms with Crippen LogP contribution in [0.2, 0.25) is 0 Å². The van der Waals surface area contributed by atoms with E-state index >= 15 is 0 Å². The SMILES string of the molecule is CNC1CCC1c1ccccc1F. The third-order valence-corrected chi connectivity index (χ3v) is 2.95. The normalized spacial score (nSPS) is 26.9. The van der Waals surface area contributed by atoms with Crippen molar-refractivity contribution in [2.24, 2.45) is 0 Å². The molecule has 2 rings (SSSR count). The van der Waals surface area contributed by atoms with E-state index in [2.05, 4.69) is 5.32 Å². The Kier molecular flexibility index (Phi) is 2.32. The molecule has 0 bridgehead atoms. The van der Waals surface area contributed by atoms with E-state index in [0.717, 1.165) is 18.4 Å². The van der Waals surface area contributed by atoms with Gasteiger partial charge in [-0.25, -0.2) is 4.39 Å². The van der Waals surface area contributed by atoms with Crippen LogP contribution in [0.5, 0.6) is 0 Å². The van der Waals surface area contributed by atoms with E-state index < -0.39 is 0 Å². The quantitative estimate of drug-likeness (QED) is 0.734. The summed E-state index contributed by atoms with van der Waals surface area (Å²) in [6.07, 6.45) is 2.27. The number of hydrogen-bond donors (Lipinski definition) is 1. The third-order valence-electron chi connectivity index (χ3n) is 2.95.